The predicted molar refractivity (Wildman–Crippen MR) is 106 cm³/mol. The van der Waals surface area contributed by atoms with Crippen molar-refractivity contribution in [3.8, 4) is 22.7 Å². The van der Waals surface area contributed by atoms with Gasteiger partial charge >= 0.3 is 0 Å². The van der Waals surface area contributed by atoms with Crippen molar-refractivity contribution < 1.29 is 13.8 Å². The Bertz CT molecular complexity index is 1130. The first-order valence-corrected chi connectivity index (χ1v) is 9.53. The van der Waals surface area contributed by atoms with Crippen LogP contribution in [0.4, 0.5) is 5.69 Å². The topological polar surface area (TPSA) is 94.1 Å². The SMILES string of the molecule is O=C(Nc1ccc(-c2ccno2)cc1)c1cccc(-c2noc(C3CCC3)n2)c1. The van der Waals surface area contributed by atoms with Gasteiger partial charge in [0.25, 0.3) is 5.91 Å². The summed E-state index contributed by atoms with van der Waals surface area (Å²) in [5.74, 6) is 2.05. The Labute approximate surface area is 166 Å². The molecule has 2 aromatic carbocycles. The minimum atomic E-state index is -0.207. The lowest BCUT2D eigenvalue weighted by molar-refractivity contribution is 0.102. The summed E-state index contributed by atoms with van der Waals surface area (Å²) in [6, 6.07) is 16.4. The standard InChI is InChI=1S/C22H18N4O3/c27-21(24-18-9-7-14(8-10-18)19-11-12-23-28-19)17-6-2-5-16(13-17)20-25-22(29-26-20)15-3-1-4-15/h2,5-13,15H,1,3-4H2,(H,24,27). The molecule has 29 heavy (non-hydrogen) atoms. The molecule has 0 unspecified atom stereocenters. The number of nitrogens with zero attached hydrogens (tertiary/aromatic N) is 3. The maximum absolute atomic E-state index is 12.7. The molecule has 1 fully saturated rings. The third-order valence-electron chi connectivity index (χ3n) is 5.14. The second kappa shape index (κ2) is 7.35. The van der Waals surface area contributed by atoms with Gasteiger partial charge in [-0.25, -0.2) is 0 Å². The van der Waals surface area contributed by atoms with Gasteiger partial charge in [0.15, 0.2) is 5.76 Å². The molecule has 0 radical (unpaired) electrons. The molecular weight excluding hydrogens is 368 g/mol. The Morgan fingerprint density at radius 3 is 2.59 bits per heavy atom. The number of carbonyl (C=O) groups excluding carboxylic acids is 1. The number of amides is 1. The fourth-order valence-corrected chi connectivity index (χ4v) is 3.26. The molecule has 1 saturated carbocycles. The molecule has 0 atom stereocenters. The molecule has 1 aliphatic rings. The Balaban J connectivity index is 1.31. The third kappa shape index (κ3) is 3.54. The van der Waals surface area contributed by atoms with Crippen LogP contribution in [-0.2, 0) is 0 Å². The summed E-state index contributed by atoms with van der Waals surface area (Å²) in [7, 11) is 0. The van der Waals surface area contributed by atoms with Crippen LogP contribution in [0.15, 0.2) is 69.8 Å². The maximum atomic E-state index is 12.7. The van der Waals surface area contributed by atoms with Gasteiger partial charge in [-0.3, -0.25) is 4.79 Å². The summed E-state index contributed by atoms with van der Waals surface area (Å²) in [4.78, 5) is 17.2. The lowest BCUT2D eigenvalue weighted by Gasteiger charge is -2.20. The molecule has 0 spiro atoms. The van der Waals surface area contributed by atoms with Gasteiger partial charge in [-0.05, 0) is 49.2 Å². The van der Waals surface area contributed by atoms with Crippen LogP contribution in [0.1, 0.15) is 41.4 Å². The van der Waals surface area contributed by atoms with Crippen molar-refractivity contribution in [3.05, 3.63) is 72.2 Å². The fraction of sp³-hybridized carbons (Fsp3) is 0.182. The molecule has 0 bridgehead atoms. The zero-order valence-corrected chi connectivity index (χ0v) is 15.5. The number of rotatable bonds is 5. The van der Waals surface area contributed by atoms with Crippen LogP contribution in [0.25, 0.3) is 22.7 Å². The van der Waals surface area contributed by atoms with Crippen LogP contribution < -0.4 is 5.32 Å². The monoisotopic (exact) mass is 386 g/mol. The first-order valence-electron chi connectivity index (χ1n) is 9.53. The van der Waals surface area contributed by atoms with Crippen molar-refractivity contribution >= 4 is 11.6 Å². The molecule has 1 aliphatic carbocycles. The Morgan fingerprint density at radius 1 is 1.00 bits per heavy atom. The molecule has 2 aromatic heterocycles. The highest BCUT2D eigenvalue weighted by atomic mass is 16.5. The van der Waals surface area contributed by atoms with Crippen LogP contribution in [0.2, 0.25) is 0 Å². The van der Waals surface area contributed by atoms with Crippen molar-refractivity contribution in [1.29, 1.82) is 0 Å². The largest absolute Gasteiger partial charge is 0.356 e. The zero-order chi connectivity index (χ0) is 19.6. The zero-order valence-electron chi connectivity index (χ0n) is 15.5. The average molecular weight is 386 g/mol. The summed E-state index contributed by atoms with van der Waals surface area (Å²) in [5, 5.41) is 10.7. The van der Waals surface area contributed by atoms with E-state index in [4.69, 9.17) is 9.05 Å². The molecule has 1 N–H and O–H groups in total. The number of nitrogens with one attached hydrogen (secondary N) is 1. The van der Waals surface area contributed by atoms with Crippen molar-refractivity contribution in [1.82, 2.24) is 15.3 Å². The van der Waals surface area contributed by atoms with Gasteiger partial charge in [0.2, 0.25) is 11.7 Å². The van der Waals surface area contributed by atoms with E-state index in [9.17, 15) is 4.79 Å². The van der Waals surface area contributed by atoms with Crippen molar-refractivity contribution in [3.63, 3.8) is 0 Å². The lowest BCUT2D eigenvalue weighted by atomic mass is 9.85. The predicted octanol–water partition coefficient (Wildman–Crippen LogP) is 4.91. The van der Waals surface area contributed by atoms with Crippen molar-refractivity contribution in [2.75, 3.05) is 5.32 Å². The van der Waals surface area contributed by atoms with Gasteiger partial charge in [0.05, 0.1) is 6.20 Å². The Hall–Kier alpha value is -3.74. The van der Waals surface area contributed by atoms with Crippen molar-refractivity contribution in [2.45, 2.75) is 25.2 Å². The molecule has 0 saturated heterocycles. The van der Waals surface area contributed by atoms with Gasteiger partial charge in [-0.1, -0.05) is 28.9 Å². The molecule has 7 nitrogen and oxygen atoms in total. The summed E-state index contributed by atoms with van der Waals surface area (Å²) >= 11 is 0. The summed E-state index contributed by atoms with van der Waals surface area (Å²) in [6.07, 6.45) is 4.99. The van der Waals surface area contributed by atoms with E-state index in [2.05, 4.69) is 20.6 Å². The second-order valence-electron chi connectivity index (χ2n) is 7.07. The number of benzene rings is 2. The molecule has 2 heterocycles. The molecule has 144 valence electrons. The van der Waals surface area contributed by atoms with Crippen LogP contribution in [0.3, 0.4) is 0 Å². The maximum Gasteiger partial charge on any atom is 0.255 e. The van der Waals surface area contributed by atoms with E-state index in [1.807, 2.05) is 36.4 Å². The van der Waals surface area contributed by atoms with Crippen LogP contribution in [-0.4, -0.2) is 21.2 Å². The highest BCUT2D eigenvalue weighted by molar-refractivity contribution is 6.04. The fourth-order valence-electron chi connectivity index (χ4n) is 3.26. The normalized spacial score (nSPS) is 13.8. The smallest absolute Gasteiger partial charge is 0.255 e. The van der Waals surface area contributed by atoms with Gasteiger partial charge < -0.3 is 14.4 Å². The average Bonchev–Trinajstić information content (AvgIpc) is 3.40. The molecule has 5 rings (SSSR count). The second-order valence-corrected chi connectivity index (χ2v) is 7.07. The van der Waals surface area contributed by atoms with E-state index in [0.717, 1.165) is 24.0 Å². The Morgan fingerprint density at radius 2 is 1.86 bits per heavy atom. The molecule has 7 heteroatoms. The van der Waals surface area contributed by atoms with Crippen LogP contribution in [0.5, 0.6) is 0 Å². The number of carbonyl (C=O) groups is 1. The third-order valence-corrected chi connectivity index (χ3v) is 5.14. The Kier molecular flexibility index (Phi) is 4.40. The van der Waals surface area contributed by atoms with E-state index in [0.29, 0.717) is 34.6 Å². The van der Waals surface area contributed by atoms with Gasteiger partial charge in [-0.15, -0.1) is 0 Å². The highest BCUT2D eigenvalue weighted by Gasteiger charge is 2.25. The summed E-state index contributed by atoms with van der Waals surface area (Å²) in [6.45, 7) is 0. The van der Waals surface area contributed by atoms with Crippen LogP contribution >= 0.6 is 0 Å². The van der Waals surface area contributed by atoms with E-state index in [1.165, 1.54) is 6.42 Å². The first-order chi connectivity index (χ1) is 14.3. The lowest BCUT2D eigenvalue weighted by Crippen LogP contribution is -2.11. The minimum Gasteiger partial charge on any atom is -0.356 e. The van der Waals surface area contributed by atoms with Gasteiger partial charge in [0, 0.05) is 34.4 Å². The van der Waals surface area contributed by atoms with Crippen LogP contribution in [0, 0.1) is 0 Å². The quantitative estimate of drug-likeness (QED) is 0.524. The molecule has 4 aromatic rings. The van der Waals surface area contributed by atoms with E-state index in [1.54, 1.807) is 24.4 Å². The van der Waals surface area contributed by atoms with Crippen molar-refractivity contribution in [2.24, 2.45) is 0 Å². The number of aromatic nitrogens is 3. The van der Waals surface area contributed by atoms with Gasteiger partial charge in [0.1, 0.15) is 0 Å². The first kappa shape index (κ1) is 17.4. The number of hydrogen-bond donors (Lipinski definition) is 1. The summed E-state index contributed by atoms with van der Waals surface area (Å²) in [5.41, 5.74) is 2.86. The van der Waals surface area contributed by atoms with E-state index in [-0.39, 0.29) is 5.91 Å². The van der Waals surface area contributed by atoms with E-state index < -0.39 is 0 Å². The minimum absolute atomic E-state index is 0.207. The van der Waals surface area contributed by atoms with E-state index >= 15 is 0 Å². The summed E-state index contributed by atoms with van der Waals surface area (Å²) < 4.78 is 10.5. The molecule has 1 amide bonds. The number of anilines is 1. The van der Waals surface area contributed by atoms with Gasteiger partial charge in [-0.2, -0.15) is 4.98 Å². The number of hydrogen-bond acceptors (Lipinski definition) is 6. The molecular formula is C22H18N4O3. The molecule has 0 aliphatic heterocycles. The highest BCUT2D eigenvalue weighted by Crippen LogP contribution is 2.36.